The summed E-state index contributed by atoms with van der Waals surface area (Å²) < 4.78 is 9.03. The van der Waals surface area contributed by atoms with Gasteiger partial charge in [-0.25, -0.2) is 19.3 Å². The average Bonchev–Trinajstić information content (AvgIpc) is 3.53. The number of pyridine rings is 1. The minimum atomic E-state index is -0.321. The Morgan fingerprint density at radius 2 is 2.00 bits per heavy atom. The van der Waals surface area contributed by atoms with Crippen LogP contribution in [0, 0.1) is 13.8 Å². The molecule has 9 nitrogen and oxygen atoms in total. The van der Waals surface area contributed by atoms with Crippen LogP contribution >= 0.6 is 11.6 Å². The second kappa shape index (κ2) is 8.42. The van der Waals surface area contributed by atoms with Gasteiger partial charge in [0.2, 0.25) is 0 Å². The third-order valence-electron chi connectivity index (χ3n) is 5.50. The van der Waals surface area contributed by atoms with Crippen LogP contribution in [0.25, 0.3) is 28.0 Å². The average molecular weight is 476 g/mol. The highest BCUT2D eigenvalue weighted by Gasteiger charge is 2.22. The number of halogens is 1. The fourth-order valence-corrected chi connectivity index (χ4v) is 4.23. The molecule has 0 unspecified atom stereocenters. The zero-order chi connectivity index (χ0) is 24.0. The van der Waals surface area contributed by atoms with Gasteiger partial charge in [-0.1, -0.05) is 17.7 Å². The van der Waals surface area contributed by atoms with Crippen LogP contribution in [0.1, 0.15) is 41.8 Å². The number of carbonyl (C=O) groups is 1. The highest BCUT2D eigenvalue weighted by Crippen LogP contribution is 2.32. The lowest BCUT2D eigenvalue weighted by atomic mass is 10.1. The third kappa shape index (κ3) is 3.73. The molecule has 0 saturated heterocycles. The Balaban J connectivity index is 1.65. The van der Waals surface area contributed by atoms with E-state index in [0.29, 0.717) is 38.7 Å². The van der Waals surface area contributed by atoms with Gasteiger partial charge in [0.1, 0.15) is 29.9 Å². The van der Waals surface area contributed by atoms with Gasteiger partial charge in [0.25, 0.3) is 5.91 Å². The lowest BCUT2D eigenvalue weighted by Crippen LogP contribution is -2.15. The topological polar surface area (TPSA) is 104 Å². The number of nitrogens with zero attached hydrogens (tertiary/aromatic N) is 6. The van der Waals surface area contributed by atoms with E-state index >= 15 is 0 Å². The Kier molecular flexibility index (Phi) is 5.41. The van der Waals surface area contributed by atoms with Crippen LogP contribution in [0.15, 0.2) is 53.6 Å². The Hall–Kier alpha value is -3.98. The van der Waals surface area contributed by atoms with Crippen molar-refractivity contribution < 1.29 is 9.21 Å². The van der Waals surface area contributed by atoms with Crippen LogP contribution in [-0.4, -0.2) is 35.4 Å². The monoisotopic (exact) mass is 475 g/mol. The molecule has 0 spiro atoms. The van der Waals surface area contributed by atoms with Crippen molar-refractivity contribution in [1.82, 2.24) is 29.5 Å². The van der Waals surface area contributed by atoms with E-state index in [9.17, 15) is 4.79 Å². The molecule has 0 fully saturated rings. The van der Waals surface area contributed by atoms with Gasteiger partial charge < -0.3 is 9.73 Å². The summed E-state index contributed by atoms with van der Waals surface area (Å²) in [6.45, 7) is 7.80. The molecule has 34 heavy (non-hydrogen) atoms. The maximum atomic E-state index is 13.6. The molecule has 0 atom stereocenters. The highest BCUT2D eigenvalue weighted by atomic mass is 35.5. The van der Waals surface area contributed by atoms with Gasteiger partial charge in [0.15, 0.2) is 5.65 Å². The van der Waals surface area contributed by atoms with Crippen molar-refractivity contribution in [3.05, 3.63) is 71.3 Å². The molecule has 1 N–H and O–H groups in total. The van der Waals surface area contributed by atoms with Gasteiger partial charge in [-0.15, -0.1) is 0 Å². The summed E-state index contributed by atoms with van der Waals surface area (Å²) in [5.41, 5.74) is 3.56. The number of aryl methyl sites for hydroxylation is 2. The maximum absolute atomic E-state index is 13.6. The lowest BCUT2D eigenvalue weighted by Gasteiger charge is -2.14. The van der Waals surface area contributed by atoms with Crippen LogP contribution in [0.4, 0.5) is 5.69 Å². The molecular formula is C24H22ClN7O2. The number of carbonyl (C=O) groups excluding carboxylic acids is 1. The summed E-state index contributed by atoms with van der Waals surface area (Å²) in [7, 11) is 0. The minimum Gasteiger partial charge on any atom is -0.466 e. The van der Waals surface area contributed by atoms with E-state index in [0.717, 1.165) is 17.1 Å². The van der Waals surface area contributed by atoms with Gasteiger partial charge in [-0.2, -0.15) is 10.2 Å². The second-order valence-corrected chi connectivity index (χ2v) is 8.64. The molecular weight excluding hydrogens is 454 g/mol. The summed E-state index contributed by atoms with van der Waals surface area (Å²) in [5.74, 6) is 1.18. The first kappa shape index (κ1) is 21.8. The number of fused-ring (bicyclic) bond motifs is 1. The molecule has 0 radical (unpaired) electrons. The summed E-state index contributed by atoms with van der Waals surface area (Å²) >= 11 is 6.43. The fraction of sp³-hybridized carbons (Fsp3) is 0.208. The zero-order valence-electron chi connectivity index (χ0n) is 19.1. The van der Waals surface area contributed by atoms with Crippen molar-refractivity contribution in [3.8, 4) is 16.9 Å². The largest absolute Gasteiger partial charge is 0.466 e. The van der Waals surface area contributed by atoms with Crippen LogP contribution in [0.3, 0.4) is 0 Å². The molecule has 4 aromatic heterocycles. The number of anilines is 1. The quantitative estimate of drug-likeness (QED) is 0.366. The smallest absolute Gasteiger partial charge is 0.256 e. The zero-order valence-corrected chi connectivity index (χ0v) is 19.8. The summed E-state index contributed by atoms with van der Waals surface area (Å²) in [4.78, 5) is 22.5. The van der Waals surface area contributed by atoms with E-state index in [1.54, 1.807) is 35.1 Å². The SMILES string of the molecule is Cc1cc(-c2cc(C(=O)Nc3cccc(Cl)c3-n3cncn3)c3cnn(C(C)C)c3n2)c(C)o1. The molecule has 4 heterocycles. The number of aromatic nitrogens is 6. The van der Waals surface area contributed by atoms with E-state index in [2.05, 4.69) is 20.5 Å². The predicted molar refractivity (Wildman–Crippen MR) is 129 cm³/mol. The standard InChI is InChI=1S/C24H22ClN7O2/c1-13(2)32-23-18(10-27-32)17(9-21(29-23)16-8-14(3)34-15(16)4)24(33)30-20-7-5-6-19(25)22(20)31-12-26-11-28-31/h5-13H,1-4H3,(H,30,33). The van der Waals surface area contributed by atoms with Crippen LogP contribution < -0.4 is 5.32 Å². The molecule has 1 aromatic carbocycles. The number of hydrogen-bond donors (Lipinski definition) is 1. The van der Waals surface area contributed by atoms with Crippen molar-refractivity contribution in [1.29, 1.82) is 0 Å². The molecule has 0 aliphatic heterocycles. The number of furan rings is 1. The predicted octanol–water partition coefficient (Wildman–Crippen LogP) is 5.38. The summed E-state index contributed by atoms with van der Waals surface area (Å²) in [6.07, 6.45) is 4.60. The lowest BCUT2D eigenvalue weighted by molar-refractivity contribution is 0.102. The molecule has 0 saturated carbocycles. The summed E-state index contributed by atoms with van der Waals surface area (Å²) in [5, 5.41) is 12.7. The molecule has 0 bridgehead atoms. The van der Waals surface area contributed by atoms with Crippen LogP contribution in [0.2, 0.25) is 5.02 Å². The van der Waals surface area contributed by atoms with Crippen molar-refractivity contribution in [2.45, 2.75) is 33.7 Å². The Labute approximate surface area is 200 Å². The molecule has 5 aromatic rings. The number of nitrogens with one attached hydrogen (secondary N) is 1. The first-order valence-corrected chi connectivity index (χ1v) is 11.1. The van der Waals surface area contributed by atoms with Crippen molar-refractivity contribution in [2.24, 2.45) is 0 Å². The van der Waals surface area contributed by atoms with Crippen molar-refractivity contribution in [2.75, 3.05) is 5.32 Å². The molecule has 0 aliphatic carbocycles. The Bertz CT molecular complexity index is 1520. The van der Waals surface area contributed by atoms with Gasteiger partial charge >= 0.3 is 0 Å². The normalized spacial score (nSPS) is 11.5. The number of para-hydroxylation sites is 1. The first-order chi connectivity index (χ1) is 16.3. The Morgan fingerprint density at radius 1 is 1.18 bits per heavy atom. The maximum Gasteiger partial charge on any atom is 0.256 e. The molecule has 1 amide bonds. The first-order valence-electron chi connectivity index (χ1n) is 10.7. The van der Waals surface area contributed by atoms with Gasteiger partial charge in [-0.3, -0.25) is 4.79 Å². The van der Waals surface area contributed by atoms with E-state index in [4.69, 9.17) is 21.0 Å². The minimum absolute atomic E-state index is 0.0650. The molecule has 5 rings (SSSR count). The second-order valence-electron chi connectivity index (χ2n) is 8.23. The van der Waals surface area contributed by atoms with Crippen molar-refractivity contribution >= 4 is 34.2 Å². The molecule has 0 aliphatic rings. The van der Waals surface area contributed by atoms with Crippen LogP contribution in [-0.2, 0) is 0 Å². The van der Waals surface area contributed by atoms with E-state index in [-0.39, 0.29) is 11.9 Å². The third-order valence-corrected chi connectivity index (χ3v) is 5.81. The fourth-order valence-electron chi connectivity index (χ4n) is 3.97. The van der Waals surface area contributed by atoms with Gasteiger partial charge in [-0.05, 0) is 52.0 Å². The van der Waals surface area contributed by atoms with Crippen molar-refractivity contribution in [3.63, 3.8) is 0 Å². The van der Waals surface area contributed by atoms with Crippen LogP contribution in [0.5, 0.6) is 0 Å². The summed E-state index contributed by atoms with van der Waals surface area (Å²) in [6, 6.07) is 9.01. The molecule has 172 valence electrons. The molecule has 10 heteroatoms. The Morgan fingerprint density at radius 3 is 2.68 bits per heavy atom. The van der Waals surface area contributed by atoms with Gasteiger partial charge in [0.05, 0.1) is 33.6 Å². The number of rotatable bonds is 5. The van der Waals surface area contributed by atoms with E-state index in [1.807, 2.05) is 33.8 Å². The van der Waals surface area contributed by atoms with Gasteiger partial charge in [0, 0.05) is 11.6 Å². The number of hydrogen-bond acceptors (Lipinski definition) is 6. The van der Waals surface area contributed by atoms with E-state index in [1.165, 1.54) is 17.3 Å². The van der Waals surface area contributed by atoms with E-state index < -0.39 is 0 Å². The number of benzene rings is 1. The highest BCUT2D eigenvalue weighted by molar-refractivity contribution is 6.33. The number of amides is 1.